The summed E-state index contributed by atoms with van der Waals surface area (Å²) in [7, 11) is 1.61. The number of aromatic nitrogens is 5. The zero-order chi connectivity index (χ0) is 21.5. The number of nitrogens with zero attached hydrogens (tertiary/aromatic N) is 6. The fourth-order valence-electron chi connectivity index (χ4n) is 3.89. The fourth-order valence-corrected chi connectivity index (χ4v) is 4.96. The summed E-state index contributed by atoms with van der Waals surface area (Å²) in [5.41, 5.74) is 1.00. The van der Waals surface area contributed by atoms with Gasteiger partial charge in [-0.3, -0.25) is 14.2 Å². The first-order chi connectivity index (χ1) is 15.0. The van der Waals surface area contributed by atoms with Crippen molar-refractivity contribution >= 4 is 27.6 Å². The molecule has 5 rings (SSSR count). The molecule has 1 aliphatic heterocycles. The summed E-state index contributed by atoms with van der Waals surface area (Å²) in [5.74, 6) is 1.02. The maximum Gasteiger partial charge on any atom is 0.294 e. The van der Waals surface area contributed by atoms with Gasteiger partial charge in [-0.1, -0.05) is 46.8 Å². The van der Waals surface area contributed by atoms with Crippen LogP contribution in [-0.2, 0) is 18.3 Å². The van der Waals surface area contributed by atoms with Crippen molar-refractivity contribution in [2.75, 3.05) is 6.54 Å². The molecule has 1 amide bonds. The number of hydrogen-bond donors (Lipinski definition) is 0. The predicted molar refractivity (Wildman–Crippen MR) is 115 cm³/mol. The maximum absolute atomic E-state index is 13.0. The van der Waals surface area contributed by atoms with E-state index in [2.05, 4.69) is 20.1 Å². The van der Waals surface area contributed by atoms with Crippen molar-refractivity contribution in [1.82, 2.24) is 29.6 Å². The Kier molecular flexibility index (Phi) is 4.85. The van der Waals surface area contributed by atoms with Gasteiger partial charge in [0.2, 0.25) is 11.7 Å². The molecule has 1 atom stereocenters. The highest BCUT2D eigenvalue weighted by atomic mass is 32.1. The van der Waals surface area contributed by atoms with E-state index in [4.69, 9.17) is 4.52 Å². The number of carbonyl (C=O) groups excluding carboxylic acids is 1. The fraction of sp³-hybridized carbons (Fsp3) is 0.333. The summed E-state index contributed by atoms with van der Waals surface area (Å²) >= 11 is 1.34. The third-order valence-corrected chi connectivity index (χ3v) is 6.48. The van der Waals surface area contributed by atoms with Gasteiger partial charge >= 0.3 is 0 Å². The smallest absolute Gasteiger partial charge is 0.294 e. The van der Waals surface area contributed by atoms with E-state index in [0.29, 0.717) is 35.0 Å². The molecule has 3 aromatic heterocycles. The van der Waals surface area contributed by atoms with Crippen LogP contribution >= 0.6 is 11.3 Å². The number of benzene rings is 1. The molecule has 0 N–H and O–H groups in total. The molecule has 9 nitrogen and oxygen atoms in total. The average molecular weight is 436 g/mol. The van der Waals surface area contributed by atoms with Crippen LogP contribution in [0.1, 0.15) is 35.3 Å². The van der Waals surface area contributed by atoms with Gasteiger partial charge in [0.05, 0.1) is 12.5 Å². The van der Waals surface area contributed by atoms with Gasteiger partial charge in [-0.15, -0.1) is 0 Å². The van der Waals surface area contributed by atoms with Gasteiger partial charge in [0.1, 0.15) is 5.01 Å². The van der Waals surface area contributed by atoms with Crippen molar-refractivity contribution in [3.63, 3.8) is 0 Å². The van der Waals surface area contributed by atoms with Crippen molar-refractivity contribution in [3.8, 4) is 11.7 Å². The van der Waals surface area contributed by atoms with Crippen molar-refractivity contribution in [1.29, 1.82) is 0 Å². The Morgan fingerprint density at radius 1 is 1.23 bits per heavy atom. The lowest BCUT2D eigenvalue weighted by Crippen LogP contribution is -2.31. The molecule has 0 aliphatic carbocycles. The molecule has 4 heterocycles. The molecular formula is C21H20N6O3S. The van der Waals surface area contributed by atoms with Crippen LogP contribution in [0, 0.1) is 6.92 Å². The number of fused-ring (bicyclic) bond motifs is 1. The Hall–Kier alpha value is -3.40. The van der Waals surface area contributed by atoms with Crippen molar-refractivity contribution in [3.05, 3.63) is 57.1 Å². The Balaban J connectivity index is 1.49. The Bertz CT molecular complexity index is 1330. The highest BCUT2D eigenvalue weighted by Crippen LogP contribution is 2.36. The van der Waals surface area contributed by atoms with Crippen LogP contribution in [0.4, 0.5) is 0 Å². The van der Waals surface area contributed by atoms with E-state index in [1.807, 2.05) is 35.2 Å². The molecule has 4 aromatic rings. The highest BCUT2D eigenvalue weighted by Gasteiger charge is 2.33. The number of hydrogen-bond acceptors (Lipinski definition) is 8. The van der Waals surface area contributed by atoms with Gasteiger partial charge in [-0.25, -0.2) is 9.97 Å². The lowest BCUT2D eigenvalue weighted by Gasteiger charge is -2.23. The predicted octanol–water partition coefficient (Wildman–Crippen LogP) is 2.65. The third kappa shape index (κ3) is 3.52. The Labute approximate surface area is 181 Å². The lowest BCUT2D eigenvalue weighted by atomic mass is 10.1. The van der Waals surface area contributed by atoms with Crippen LogP contribution in [0.3, 0.4) is 0 Å². The van der Waals surface area contributed by atoms with Crippen molar-refractivity contribution < 1.29 is 9.32 Å². The zero-order valence-corrected chi connectivity index (χ0v) is 17.9. The average Bonchev–Trinajstić information content (AvgIpc) is 3.50. The van der Waals surface area contributed by atoms with E-state index in [1.165, 1.54) is 15.9 Å². The first-order valence-corrected chi connectivity index (χ1v) is 10.8. The molecule has 0 radical (unpaired) electrons. The zero-order valence-electron chi connectivity index (χ0n) is 17.1. The van der Waals surface area contributed by atoms with Gasteiger partial charge in [0.25, 0.3) is 11.4 Å². The molecule has 0 spiro atoms. The SMILES string of the molecule is Cc1noc(-c2nc3sc(C4CCCN4C(=O)Cc4ccccc4)nc3c(=O)n2C)n1. The maximum atomic E-state index is 13.0. The second-order valence-electron chi connectivity index (χ2n) is 7.56. The Morgan fingerprint density at radius 3 is 2.77 bits per heavy atom. The molecule has 0 bridgehead atoms. The Morgan fingerprint density at radius 2 is 2.03 bits per heavy atom. The molecule has 10 heteroatoms. The minimum absolute atomic E-state index is 0.0656. The number of aryl methyl sites for hydroxylation is 1. The third-order valence-electron chi connectivity index (χ3n) is 5.43. The number of likely N-dealkylation sites (tertiary alicyclic amines) is 1. The van der Waals surface area contributed by atoms with E-state index < -0.39 is 0 Å². The lowest BCUT2D eigenvalue weighted by molar-refractivity contribution is -0.131. The van der Waals surface area contributed by atoms with Crippen LogP contribution in [0.25, 0.3) is 22.1 Å². The number of rotatable bonds is 4. The van der Waals surface area contributed by atoms with Gasteiger partial charge in [0.15, 0.2) is 16.2 Å². The molecule has 1 aromatic carbocycles. The quantitative estimate of drug-likeness (QED) is 0.484. The summed E-state index contributed by atoms with van der Waals surface area (Å²) in [6.45, 7) is 2.39. The van der Waals surface area contributed by atoms with Crippen LogP contribution in [0.2, 0.25) is 0 Å². The summed E-state index contributed by atoms with van der Waals surface area (Å²) in [6.07, 6.45) is 2.07. The number of thiazole rings is 1. The number of carbonyl (C=O) groups is 1. The monoisotopic (exact) mass is 436 g/mol. The number of amides is 1. The normalized spacial score (nSPS) is 16.3. The molecule has 1 saturated heterocycles. The standard InChI is InChI=1S/C21H20N6O3S/c1-12-22-18(30-25-12)17-24-20-16(21(29)26(17)2)23-19(31-20)14-9-6-10-27(14)15(28)11-13-7-4-3-5-8-13/h3-5,7-8,14H,6,9-11H2,1-2H3. The summed E-state index contributed by atoms with van der Waals surface area (Å²) in [5, 5.41) is 4.51. The van der Waals surface area contributed by atoms with E-state index in [9.17, 15) is 9.59 Å². The molecule has 0 saturated carbocycles. The highest BCUT2D eigenvalue weighted by molar-refractivity contribution is 7.18. The van der Waals surface area contributed by atoms with Gasteiger partial charge in [0, 0.05) is 13.6 Å². The van der Waals surface area contributed by atoms with Crippen LogP contribution < -0.4 is 5.56 Å². The molecule has 1 aliphatic rings. The summed E-state index contributed by atoms with van der Waals surface area (Å²) < 4.78 is 6.56. The van der Waals surface area contributed by atoms with Crippen molar-refractivity contribution in [2.45, 2.75) is 32.2 Å². The first-order valence-electron chi connectivity index (χ1n) is 10.0. The van der Waals surface area contributed by atoms with E-state index in [1.54, 1.807) is 14.0 Å². The van der Waals surface area contributed by atoms with Crippen LogP contribution in [-0.4, -0.2) is 42.0 Å². The molecular weight excluding hydrogens is 416 g/mol. The van der Waals surface area contributed by atoms with Gasteiger partial charge in [-0.2, -0.15) is 4.98 Å². The largest absolute Gasteiger partial charge is 0.333 e. The topological polar surface area (TPSA) is 107 Å². The van der Waals surface area contributed by atoms with Crippen LogP contribution in [0.5, 0.6) is 0 Å². The minimum atomic E-state index is -0.279. The second kappa shape index (κ2) is 7.69. The molecule has 158 valence electrons. The van der Waals surface area contributed by atoms with Crippen LogP contribution in [0.15, 0.2) is 39.6 Å². The van der Waals surface area contributed by atoms with E-state index in [-0.39, 0.29) is 23.4 Å². The molecule has 31 heavy (non-hydrogen) atoms. The van der Waals surface area contributed by atoms with E-state index >= 15 is 0 Å². The summed E-state index contributed by atoms with van der Waals surface area (Å²) in [4.78, 5) is 41.6. The van der Waals surface area contributed by atoms with Gasteiger partial charge in [-0.05, 0) is 25.3 Å². The minimum Gasteiger partial charge on any atom is -0.333 e. The first kappa shape index (κ1) is 19.6. The molecule has 1 unspecified atom stereocenters. The van der Waals surface area contributed by atoms with E-state index in [0.717, 1.165) is 23.4 Å². The second-order valence-corrected chi connectivity index (χ2v) is 8.57. The van der Waals surface area contributed by atoms with Crippen molar-refractivity contribution in [2.24, 2.45) is 7.05 Å². The molecule has 1 fully saturated rings. The summed E-state index contributed by atoms with van der Waals surface area (Å²) in [6, 6.07) is 9.56. The van der Waals surface area contributed by atoms with Gasteiger partial charge < -0.3 is 9.42 Å².